The Balaban J connectivity index is 0.00000196. The second-order valence-corrected chi connectivity index (χ2v) is 6.75. The van der Waals surface area contributed by atoms with Crippen molar-refractivity contribution in [3.8, 4) is 5.75 Å². The molecule has 1 aliphatic rings. The molecule has 0 unspecified atom stereocenters. The molecule has 3 heterocycles. The van der Waals surface area contributed by atoms with Crippen molar-refractivity contribution in [1.29, 1.82) is 0 Å². The van der Waals surface area contributed by atoms with Gasteiger partial charge in [-0.1, -0.05) is 6.07 Å². The lowest BCUT2D eigenvalue weighted by Gasteiger charge is -2.32. The zero-order valence-electron chi connectivity index (χ0n) is 15.0. The number of aromatic nitrogens is 2. The van der Waals surface area contributed by atoms with Crippen LogP contribution in [-0.4, -0.2) is 34.1 Å². The molecule has 1 fully saturated rings. The number of likely N-dealkylation sites (tertiary alicyclic amines) is 1. The lowest BCUT2D eigenvalue weighted by atomic mass is 10.1. The number of halogens is 1. The van der Waals surface area contributed by atoms with Gasteiger partial charge < -0.3 is 4.74 Å². The van der Waals surface area contributed by atoms with Crippen molar-refractivity contribution in [3.63, 3.8) is 0 Å². The molecule has 0 spiro atoms. The van der Waals surface area contributed by atoms with Crippen molar-refractivity contribution in [2.24, 2.45) is 0 Å². The molecule has 0 atom stereocenters. The summed E-state index contributed by atoms with van der Waals surface area (Å²) in [4.78, 5) is 11.1. The summed E-state index contributed by atoms with van der Waals surface area (Å²) in [6.07, 6.45) is 8.00. The largest absolute Gasteiger partial charge is 0.490 e. The molecule has 1 aliphatic heterocycles. The van der Waals surface area contributed by atoms with E-state index in [0.29, 0.717) is 0 Å². The molecule has 1 aromatic carbocycles. The molecule has 136 valence electrons. The number of pyridine rings is 2. The molecule has 0 saturated carbocycles. The molecule has 26 heavy (non-hydrogen) atoms. The molecular formula is C21H24ClN3O. The lowest BCUT2D eigenvalue weighted by molar-refractivity contribution is 0.0957. The van der Waals surface area contributed by atoms with E-state index in [1.807, 2.05) is 30.7 Å². The van der Waals surface area contributed by atoms with Crippen molar-refractivity contribution in [2.45, 2.75) is 32.4 Å². The van der Waals surface area contributed by atoms with Gasteiger partial charge in [0.2, 0.25) is 0 Å². The monoisotopic (exact) mass is 369 g/mol. The maximum absolute atomic E-state index is 6.33. The molecule has 2 aromatic heterocycles. The summed E-state index contributed by atoms with van der Waals surface area (Å²) in [5, 5.41) is 2.35. The highest BCUT2D eigenvalue weighted by Crippen LogP contribution is 2.27. The van der Waals surface area contributed by atoms with Crippen LogP contribution >= 0.6 is 12.4 Å². The Morgan fingerprint density at radius 2 is 1.92 bits per heavy atom. The van der Waals surface area contributed by atoms with Crippen LogP contribution in [0.2, 0.25) is 0 Å². The van der Waals surface area contributed by atoms with Gasteiger partial charge in [-0.2, -0.15) is 0 Å². The smallest absolute Gasteiger partial charge is 0.123 e. The predicted octanol–water partition coefficient (Wildman–Crippen LogP) is 4.40. The number of fused-ring (bicyclic) bond motifs is 1. The van der Waals surface area contributed by atoms with Crippen molar-refractivity contribution in [3.05, 3.63) is 66.2 Å². The first-order chi connectivity index (χ1) is 12.3. The standard InChI is InChI=1S/C21H23N3O.ClH/c1-16-12-18-14-22-9-5-17(18)13-21(16)25-20-6-10-24(11-7-20)15-19-4-2-3-8-23-19;/h2-5,8-9,12-14,20H,6-7,10-11,15H2,1H3;1H. The second-order valence-electron chi connectivity index (χ2n) is 6.75. The van der Waals surface area contributed by atoms with Gasteiger partial charge in [0.25, 0.3) is 0 Å². The van der Waals surface area contributed by atoms with Crippen molar-refractivity contribution >= 4 is 23.2 Å². The highest BCUT2D eigenvalue weighted by Gasteiger charge is 2.21. The number of rotatable bonds is 4. The highest BCUT2D eigenvalue weighted by atomic mass is 35.5. The minimum absolute atomic E-state index is 0. The van der Waals surface area contributed by atoms with Gasteiger partial charge in [0.05, 0.1) is 5.69 Å². The fraction of sp³-hybridized carbons (Fsp3) is 0.333. The quantitative estimate of drug-likeness (QED) is 0.683. The minimum Gasteiger partial charge on any atom is -0.490 e. The Morgan fingerprint density at radius 3 is 2.69 bits per heavy atom. The van der Waals surface area contributed by atoms with E-state index < -0.39 is 0 Å². The zero-order chi connectivity index (χ0) is 17.1. The van der Waals surface area contributed by atoms with Crippen molar-refractivity contribution < 1.29 is 4.74 Å². The van der Waals surface area contributed by atoms with Crippen LogP contribution in [0.5, 0.6) is 5.75 Å². The molecule has 0 aliphatic carbocycles. The Kier molecular flexibility index (Phi) is 6.07. The molecule has 0 radical (unpaired) electrons. The average molecular weight is 370 g/mol. The van der Waals surface area contributed by atoms with Gasteiger partial charge in [0.15, 0.2) is 0 Å². The van der Waals surface area contributed by atoms with Crippen molar-refractivity contribution in [2.75, 3.05) is 13.1 Å². The van der Waals surface area contributed by atoms with Crippen LogP contribution in [0.25, 0.3) is 10.8 Å². The van der Waals surface area contributed by atoms with Gasteiger partial charge in [-0.25, -0.2) is 0 Å². The summed E-state index contributed by atoms with van der Waals surface area (Å²) >= 11 is 0. The molecule has 0 N–H and O–H groups in total. The second kappa shape index (κ2) is 8.47. The van der Waals surface area contributed by atoms with Gasteiger partial charge >= 0.3 is 0 Å². The maximum Gasteiger partial charge on any atom is 0.123 e. The van der Waals surface area contributed by atoms with E-state index in [2.05, 4.69) is 46.1 Å². The Labute approximate surface area is 160 Å². The SMILES string of the molecule is Cc1cc2cnccc2cc1OC1CCN(Cc2ccccn2)CC1.Cl. The van der Waals surface area contributed by atoms with E-state index in [1.165, 1.54) is 10.9 Å². The topological polar surface area (TPSA) is 38.2 Å². The van der Waals surface area contributed by atoms with Crippen LogP contribution in [0.3, 0.4) is 0 Å². The number of hydrogen-bond donors (Lipinski definition) is 0. The fourth-order valence-electron chi connectivity index (χ4n) is 3.44. The summed E-state index contributed by atoms with van der Waals surface area (Å²) in [5.41, 5.74) is 2.32. The van der Waals surface area contributed by atoms with Crippen LogP contribution in [0, 0.1) is 6.92 Å². The van der Waals surface area contributed by atoms with Gasteiger partial charge in [0.1, 0.15) is 11.9 Å². The number of ether oxygens (including phenoxy) is 1. The van der Waals surface area contributed by atoms with Crippen LogP contribution < -0.4 is 4.74 Å². The van der Waals surface area contributed by atoms with Crippen LogP contribution in [0.15, 0.2) is 55.0 Å². The zero-order valence-corrected chi connectivity index (χ0v) is 15.8. The third kappa shape index (κ3) is 4.32. The first-order valence-electron chi connectivity index (χ1n) is 8.91. The van der Waals surface area contributed by atoms with E-state index in [9.17, 15) is 0 Å². The predicted molar refractivity (Wildman–Crippen MR) is 107 cm³/mol. The number of hydrogen-bond acceptors (Lipinski definition) is 4. The number of nitrogens with zero attached hydrogens (tertiary/aromatic N) is 3. The minimum atomic E-state index is 0. The lowest BCUT2D eigenvalue weighted by Crippen LogP contribution is -2.38. The van der Waals surface area contributed by atoms with Gasteiger partial charge in [-0.15, -0.1) is 12.4 Å². The first-order valence-corrected chi connectivity index (χ1v) is 8.91. The van der Waals surface area contributed by atoms with Gasteiger partial charge in [-0.05, 0) is 61.0 Å². The van der Waals surface area contributed by atoms with Gasteiger partial charge in [-0.3, -0.25) is 14.9 Å². The Morgan fingerprint density at radius 1 is 1.08 bits per heavy atom. The summed E-state index contributed by atoms with van der Waals surface area (Å²) < 4.78 is 6.33. The first kappa shape index (κ1) is 18.6. The molecular weight excluding hydrogens is 346 g/mol. The van der Waals surface area contributed by atoms with Crippen molar-refractivity contribution in [1.82, 2.24) is 14.9 Å². The highest BCUT2D eigenvalue weighted by molar-refractivity contribution is 5.85. The summed E-state index contributed by atoms with van der Waals surface area (Å²) in [7, 11) is 0. The van der Waals surface area contributed by atoms with E-state index in [4.69, 9.17) is 4.74 Å². The number of benzene rings is 1. The van der Waals surface area contributed by atoms with Crippen LogP contribution in [0.1, 0.15) is 24.1 Å². The third-order valence-electron chi connectivity index (χ3n) is 4.87. The van der Waals surface area contributed by atoms with Crippen LogP contribution in [-0.2, 0) is 6.54 Å². The van der Waals surface area contributed by atoms with Gasteiger partial charge in [0, 0.05) is 43.6 Å². The number of piperidine rings is 1. The molecule has 3 aromatic rings. The molecule has 0 amide bonds. The third-order valence-corrected chi connectivity index (χ3v) is 4.87. The Bertz CT molecular complexity index is 848. The normalized spacial score (nSPS) is 15.6. The summed E-state index contributed by atoms with van der Waals surface area (Å²) in [6.45, 7) is 5.14. The molecule has 0 bridgehead atoms. The molecule has 4 rings (SSSR count). The van der Waals surface area contributed by atoms with E-state index in [0.717, 1.165) is 49.3 Å². The number of aryl methyl sites for hydroxylation is 1. The van der Waals surface area contributed by atoms with Crippen LogP contribution in [0.4, 0.5) is 0 Å². The maximum atomic E-state index is 6.33. The molecule has 4 nitrogen and oxygen atoms in total. The molecule has 5 heteroatoms. The van der Waals surface area contributed by atoms with E-state index in [-0.39, 0.29) is 18.5 Å². The fourth-order valence-corrected chi connectivity index (χ4v) is 3.44. The average Bonchev–Trinajstić information content (AvgIpc) is 2.65. The van der Waals surface area contributed by atoms with E-state index >= 15 is 0 Å². The summed E-state index contributed by atoms with van der Waals surface area (Å²) in [5.74, 6) is 1.00. The Hall–Kier alpha value is -2.17. The van der Waals surface area contributed by atoms with E-state index in [1.54, 1.807) is 0 Å². The summed E-state index contributed by atoms with van der Waals surface area (Å²) in [6, 6.07) is 12.5. The molecule has 1 saturated heterocycles.